The highest BCUT2D eigenvalue weighted by Gasteiger charge is 2.29. The molecule has 108 valence electrons. The van der Waals surface area contributed by atoms with Crippen molar-refractivity contribution in [2.75, 3.05) is 0 Å². The van der Waals surface area contributed by atoms with Crippen LogP contribution in [-0.4, -0.2) is 17.2 Å². The number of hydrogen-bond donors (Lipinski definition) is 0. The molecule has 0 saturated carbocycles. The van der Waals surface area contributed by atoms with Crippen molar-refractivity contribution in [3.8, 4) is 0 Å². The third-order valence-electron chi connectivity index (χ3n) is 3.61. The van der Waals surface area contributed by atoms with E-state index >= 15 is 0 Å². The van der Waals surface area contributed by atoms with E-state index in [4.69, 9.17) is 9.15 Å². The lowest BCUT2D eigenvalue weighted by Gasteiger charge is -2.18. The number of ether oxygens (including phenoxy) is 1. The van der Waals surface area contributed by atoms with E-state index in [0.29, 0.717) is 31.3 Å². The quantitative estimate of drug-likeness (QED) is 0.637. The first-order chi connectivity index (χ1) is 10.3. The molecule has 5 heteroatoms. The van der Waals surface area contributed by atoms with E-state index in [1.165, 1.54) is 0 Å². The first kappa shape index (κ1) is 13.5. The van der Waals surface area contributed by atoms with E-state index < -0.39 is 0 Å². The zero-order chi connectivity index (χ0) is 14.7. The molecule has 0 amide bonds. The Hall–Kier alpha value is -2.43. The molecule has 1 aromatic carbocycles. The van der Waals surface area contributed by atoms with Crippen molar-refractivity contribution in [3.63, 3.8) is 0 Å². The van der Waals surface area contributed by atoms with Gasteiger partial charge in [-0.05, 0) is 18.4 Å². The molecule has 5 nitrogen and oxygen atoms in total. The molecule has 0 N–H and O–H groups in total. The maximum Gasteiger partial charge on any atom is 0.309 e. The molecule has 1 aliphatic rings. The molecular weight excluding hydrogens is 270 g/mol. The van der Waals surface area contributed by atoms with E-state index in [0.717, 1.165) is 11.3 Å². The van der Waals surface area contributed by atoms with Gasteiger partial charge in [0.15, 0.2) is 0 Å². The van der Waals surface area contributed by atoms with Gasteiger partial charge in [-0.1, -0.05) is 30.3 Å². The molecule has 0 saturated heterocycles. The van der Waals surface area contributed by atoms with Crippen LogP contribution in [0.5, 0.6) is 0 Å². The lowest BCUT2D eigenvalue weighted by atomic mass is 9.90. The number of aryl methyl sites for hydroxylation is 1. The van der Waals surface area contributed by atoms with Gasteiger partial charge < -0.3 is 9.15 Å². The van der Waals surface area contributed by atoms with Crippen molar-refractivity contribution in [1.82, 2.24) is 4.98 Å². The summed E-state index contributed by atoms with van der Waals surface area (Å²) in [6.45, 7) is 0.277. The van der Waals surface area contributed by atoms with Crippen LogP contribution >= 0.6 is 0 Å². The van der Waals surface area contributed by atoms with Gasteiger partial charge in [-0.25, -0.2) is 4.98 Å². The molecular formula is C16H15NO4. The number of benzene rings is 1. The van der Waals surface area contributed by atoms with E-state index in [1.54, 1.807) is 0 Å². The molecule has 3 rings (SSSR count). The van der Waals surface area contributed by atoms with Crippen LogP contribution in [0.4, 0.5) is 0 Å². The Labute approximate surface area is 121 Å². The van der Waals surface area contributed by atoms with Crippen LogP contribution in [0.15, 0.2) is 34.7 Å². The standard InChI is InChI=1S/C16H15NO4/c18-9-15-17-13-7-6-12(8-14(13)21-15)16(19)20-10-11-4-2-1-3-5-11/h1-5,9,12H,6-8,10H2. The lowest BCUT2D eigenvalue weighted by molar-refractivity contribution is -0.150. The number of carbonyl (C=O) groups is 2. The number of aldehydes is 1. The summed E-state index contributed by atoms with van der Waals surface area (Å²) in [6, 6.07) is 9.57. The van der Waals surface area contributed by atoms with Crippen molar-refractivity contribution in [2.24, 2.45) is 5.92 Å². The van der Waals surface area contributed by atoms with Gasteiger partial charge in [-0.2, -0.15) is 0 Å². The van der Waals surface area contributed by atoms with Crippen molar-refractivity contribution in [2.45, 2.75) is 25.9 Å². The fraction of sp³-hybridized carbons (Fsp3) is 0.312. The molecule has 0 fully saturated rings. The molecule has 0 radical (unpaired) electrons. The summed E-state index contributed by atoms with van der Waals surface area (Å²) in [6.07, 6.45) is 2.34. The molecule has 1 aromatic heterocycles. The molecule has 2 aromatic rings. The number of esters is 1. The van der Waals surface area contributed by atoms with Crippen LogP contribution in [0.3, 0.4) is 0 Å². The van der Waals surface area contributed by atoms with Gasteiger partial charge in [0.05, 0.1) is 11.6 Å². The number of aromatic nitrogens is 1. The maximum absolute atomic E-state index is 12.1. The predicted octanol–water partition coefficient (Wildman–Crippen LogP) is 2.34. The number of rotatable bonds is 4. The number of nitrogens with zero attached hydrogens (tertiary/aromatic N) is 1. The average Bonchev–Trinajstić information content (AvgIpc) is 2.95. The Morgan fingerprint density at radius 3 is 2.95 bits per heavy atom. The normalized spacial score (nSPS) is 17.0. The molecule has 0 bridgehead atoms. The third-order valence-corrected chi connectivity index (χ3v) is 3.61. The summed E-state index contributed by atoms with van der Waals surface area (Å²) in [5, 5.41) is 0. The Bertz CT molecular complexity index is 648. The minimum Gasteiger partial charge on any atom is -0.461 e. The second-order valence-electron chi connectivity index (χ2n) is 5.07. The average molecular weight is 285 g/mol. The largest absolute Gasteiger partial charge is 0.461 e. The highest BCUT2D eigenvalue weighted by Crippen LogP contribution is 2.26. The van der Waals surface area contributed by atoms with E-state index in [9.17, 15) is 9.59 Å². The van der Waals surface area contributed by atoms with Gasteiger partial charge >= 0.3 is 5.97 Å². The monoisotopic (exact) mass is 285 g/mol. The highest BCUT2D eigenvalue weighted by molar-refractivity contribution is 5.73. The zero-order valence-electron chi connectivity index (χ0n) is 11.5. The molecule has 0 aliphatic heterocycles. The zero-order valence-corrected chi connectivity index (χ0v) is 11.5. The number of hydrogen-bond acceptors (Lipinski definition) is 5. The van der Waals surface area contributed by atoms with Crippen molar-refractivity contribution >= 4 is 12.3 Å². The first-order valence-electron chi connectivity index (χ1n) is 6.90. The summed E-state index contributed by atoms with van der Waals surface area (Å²) >= 11 is 0. The van der Waals surface area contributed by atoms with Crippen molar-refractivity contribution < 1.29 is 18.7 Å². The van der Waals surface area contributed by atoms with Crippen LogP contribution in [0.1, 0.15) is 34.1 Å². The summed E-state index contributed by atoms with van der Waals surface area (Å²) in [5.74, 6) is 0.255. The topological polar surface area (TPSA) is 69.4 Å². The van der Waals surface area contributed by atoms with Gasteiger partial charge in [-0.3, -0.25) is 9.59 Å². The van der Waals surface area contributed by atoms with Gasteiger partial charge in [0, 0.05) is 6.42 Å². The van der Waals surface area contributed by atoms with Gasteiger partial charge in [0.1, 0.15) is 12.4 Å². The van der Waals surface area contributed by atoms with E-state index in [2.05, 4.69) is 4.98 Å². The van der Waals surface area contributed by atoms with Gasteiger partial charge in [0.2, 0.25) is 6.29 Å². The van der Waals surface area contributed by atoms with Crippen molar-refractivity contribution in [1.29, 1.82) is 0 Å². The summed E-state index contributed by atoms with van der Waals surface area (Å²) < 4.78 is 10.7. The van der Waals surface area contributed by atoms with E-state index in [1.807, 2.05) is 30.3 Å². The minimum absolute atomic E-state index is 0.0818. The Balaban J connectivity index is 1.60. The summed E-state index contributed by atoms with van der Waals surface area (Å²) in [7, 11) is 0. The predicted molar refractivity (Wildman–Crippen MR) is 73.6 cm³/mol. The molecule has 21 heavy (non-hydrogen) atoms. The van der Waals surface area contributed by atoms with Crippen molar-refractivity contribution in [3.05, 3.63) is 53.2 Å². The Morgan fingerprint density at radius 2 is 2.19 bits per heavy atom. The van der Waals surface area contributed by atoms with Crippen LogP contribution in [-0.2, 0) is 29.0 Å². The molecule has 1 atom stereocenters. The highest BCUT2D eigenvalue weighted by atomic mass is 16.5. The molecule has 1 aliphatic carbocycles. The van der Waals surface area contributed by atoms with E-state index in [-0.39, 0.29) is 24.4 Å². The number of oxazole rings is 1. The van der Waals surface area contributed by atoms with Crippen LogP contribution in [0.2, 0.25) is 0 Å². The second-order valence-corrected chi connectivity index (χ2v) is 5.07. The third kappa shape index (κ3) is 3.02. The Morgan fingerprint density at radius 1 is 1.38 bits per heavy atom. The molecule has 1 unspecified atom stereocenters. The molecule has 1 heterocycles. The minimum atomic E-state index is -0.228. The van der Waals surface area contributed by atoms with Gasteiger partial charge in [-0.15, -0.1) is 0 Å². The first-order valence-corrected chi connectivity index (χ1v) is 6.90. The maximum atomic E-state index is 12.1. The fourth-order valence-electron chi connectivity index (χ4n) is 2.49. The number of fused-ring (bicyclic) bond motifs is 1. The summed E-state index contributed by atoms with van der Waals surface area (Å²) in [4.78, 5) is 26.8. The lowest BCUT2D eigenvalue weighted by Crippen LogP contribution is -2.24. The molecule has 0 spiro atoms. The SMILES string of the molecule is O=Cc1nc2c(o1)CC(C(=O)OCc1ccccc1)CC2. The number of carbonyl (C=O) groups excluding carboxylic acids is 2. The van der Waals surface area contributed by atoms with Gasteiger partial charge in [0.25, 0.3) is 5.89 Å². The van der Waals surface area contributed by atoms with Crippen LogP contribution in [0, 0.1) is 5.92 Å². The summed E-state index contributed by atoms with van der Waals surface area (Å²) in [5.41, 5.74) is 1.74. The van der Waals surface area contributed by atoms with Crippen LogP contribution < -0.4 is 0 Å². The van der Waals surface area contributed by atoms with Crippen LogP contribution in [0.25, 0.3) is 0 Å². The fourth-order valence-corrected chi connectivity index (χ4v) is 2.49. The smallest absolute Gasteiger partial charge is 0.309 e. The second kappa shape index (κ2) is 5.91. The Kier molecular flexibility index (Phi) is 3.81.